The number of rotatable bonds is 5. The third kappa shape index (κ3) is 4.82. The monoisotopic (exact) mass is 393 g/mol. The SMILES string of the molecule is CC1CC(C)CN(CCCNC(=O)c2cnc3ccccc3c2C(F)(F)F)C1. The molecule has 2 aromatic rings. The normalized spacial score (nSPS) is 21.0. The number of benzene rings is 1. The largest absolute Gasteiger partial charge is 0.417 e. The van der Waals surface area contributed by atoms with E-state index in [1.165, 1.54) is 24.6 Å². The fourth-order valence-corrected chi connectivity index (χ4v) is 4.19. The van der Waals surface area contributed by atoms with Gasteiger partial charge in [0.25, 0.3) is 5.91 Å². The van der Waals surface area contributed by atoms with Gasteiger partial charge in [-0.25, -0.2) is 0 Å². The number of amides is 1. The van der Waals surface area contributed by atoms with E-state index in [0.29, 0.717) is 24.8 Å². The molecule has 0 radical (unpaired) electrons. The molecule has 1 aliphatic rings. The lowest BCUT2D eigenvalue weighted by Crippen LogP contribution is -2.40. The predicted molar refractivity (Wildman–Crippen MR) is 103 cm³/mol. The topological polar surface area (TPSA) is 45.2 Å². The van der Waals surface area contributed by atoms with E-state index < -0.39 is 23.2 Å². The average molecular weight is 393 g/mol. The number of alkyl halides is 3. The molecule has 7 heteroatoms. The Morgan fingerprint density at radius 1 is 1.21 bits per heavy atom. The minimum atomic E-state index is -4.63. The molecular weight excluding hydrogens is 367 g/mol. The van der Waals surface area contributed by atoms with Gasteiger partial charge in [-0.1, -0.05) is 32.0 Å². The minimum absolute atomic E-state index is 0.0565. The summed E-state index contributed by atoms with van der Waals surface area (Å²) in [6, 6.07) is 5.99. The average Bonchev–Trinajstić information content (AvgIpc) is 2.62. The zero-order valence-electron chi connectivity index (χ0n) is 16.2. The molecule has 1 saturated heterocycles. The van der Waals surface area contributed by atoms with Gasteiger partial charge in [0.05, 0.1) is 16.6 Å². The third-order valence-corrected chi connectivity index (χ3v) is 5.18. The Morgan fingerprint density at radius 2 is 1.89 bits per heavy atom. The first-order valence-corrected chi connectivity index (χ1v) is 9.71. The first-order valence-electron chi connectivity index (χ1n) is 9.71. The Bertz CT molecular complexity index is 827. The molecule has 2 heterocycles. The zero-order chi connectivity index (χ0) is 20.3. The van der Waals surface area contributed by atoms with Crippen LogP contribution in [-0.2, 0) is 6.18 Å². The van der Waals surface area contributed by atoms with Crippen molar-refractivity contribution in [3.05, 3.63) is 41.6 Å². The van der Waals surface area contributed by atoms with Gasteiger partial charge in [0.15, 0.2) is 0 Å². The van der Waals surface area contributed by atoms with Gasteiger partial charge >= 0.3 is 6.18 Å². The number of hydrogen-bond donors (Lipinski definition) is 1. The molecule has 4 nitrogen and oxygen atoms in total. The number of pyridine rings is 1. The summed E-state index contributed by atoms with van der Waals surface area (Å²) in [6.45, 7) is 7.70. The first-order chi connectivity index (χ1) is 13.3. The molecule has 1 fully saturated rings. The zero-order valence-corrected chi connectivity index (χ0v) is 16.2. The quantitative estimate of drug-likeness (QED) is 0.768. The maximum Gasteiger partial charge on any atom is 0.417 e. The van der Waals surface area contributed by atoms with Crippen LogP contribution in [0, 0.1) is 11.8 Å². The fourth-order valence-electron chi connectivity index (χ4n) is 4.19. The van der Waals surface area contributed by atoms with Crippen molar-refractivity contribution in [2.75, 3.05) is 26.2 Å². The number of nitrogens with zero attached hydrogens (tertiary/aromatic N) is 2. The lowest BCUT2D eigenvalue weighted by Gasteiger charge is -2.34. The van der Waals surface area contributed by atoms with Crippen molar-refractivity contribution >= 4 is 16.8 Å². The molecule has 1 aromatic heterocycles. The highest BCUT2D eigenvalue weighted by molar-refractivity contribution is 6.00. The Kier molecular flexibility index (Phi) is 6.23. The Hall–Kier alpha value is -2.15. The van der Waals surface area contributed by atoms with E-state index in [9.17, 15) is 18.0 Å². The number of para-hydroxylation sites is 1. The molecule has 0 saturated carbocycles. The predicted octanol–water partition coefficient (Wildman–Crippen LogP) is 4.35. The number of piperidine rings is 1. The molecule has 3 rings (SSSR count). The molecule has 2 atom stereocenters. The lowest BCUT2D eigenvalue weighted by atomic mass is 9.92. The molecule has 152 valence electrons. The van der Waals surface area contributed by atoms with Crippen molar-refractivity contribution in [1.82, 2.24) is 15.2 Å². The van der Waals surface area contributed by atoms with Crippen LogP contribution in [-0.4, -0.2) is 42.0 Å². The highest BCUT2D eigenvalue weighted by Gasteiger charge is 2.37. The van der Waals surface area contributed by atoms with Crippen LogP contribution in [0.3, 0.4) is 0 Å². The van der Waals surface area contributed by atoms with E-state index in [2.05, 4.69) is 29.0 Å². The number of aromatic nitrogens is 1. The molecule has 1 aromatic carbocycles. The van der Waals surface area contributed by atoms with Crippen molar-refractivity contribution < 1.29 is 18.0 Å². The molecule has 1 N–H and O–H groups in total. The summed E-state index contributed by atoms with van der Waals surface area (Å²) in [7, 11) is 0. The Morgan fingerprint density at radius 3 is 2.57 bits per heavy atom. The van der Waals surface area contributed by atoms with Gasteiger partial charge in [-0.05, 0) is 37.3 Å². The van der Waals surface area contributed by atoms with Crippen LogP contribution in [0.2, 0.25) is 0 Å². The number of carbonyl (C=O) groups excluding carboxylic acids is 1. The van der Waals surface area contributed by atoms with Crippen molar-refractivity contribution in [3.63, 3.8) is 0 Å². The highest BCUT2D eigenvalue weighted by atomic mass is 19.4. The summed E-state index contributed by atoms with van der Waals surface area (Å²) in [5.41, 5.74) is -1.12. The minimum Gasteiger partial charge on any atom is -0.352 e. The first kappa shape index (κ1) is 20.6. The summed E-state index contributed by atoms with van der Waals surface area (Å²) in [5.74, 6) is 0.568. The highest BCUT2D eigenvalue weighted by Crippen LogP contribution is 2.36. The molecule has 28 heavy (non-hydrogen) atoms. The van der Waals surface area contributed by atoms with Gasteiger partial charge in [-0.3, -0.25) is 9.78 Å². The number of likely N-dealkylation sites (tertiary alicyclic amines) is 1. The second-order valence-corrected chi connectivity index (χ2v) is 7.88. The van der Waals surface area contributed by atoms with E-state index in [-0.39, 0.29) is 10.9 Å². The molecular formula is C21H26F3N3O. The van der Waals surface area contributed by atoms with Crippen LogP contribution in [0.15, 0.2) is 30.5 Å². The summed E-state index contributed by atoms with van der Waals surface area (Å²) >= 11 is 0. The molecule has 0 aliphatic carbocycles. The van der Waals surface area contributed by atoms with Crippen molar-refractivity contribution in [2.24, 2.45) is 11.8 Å². The van der Waals surface area contributed by atoms with Crippen molar-refractivity contribution in [2.45, 2.75) is 32.9 Å². The second-order valence-electron chi connectivity index (χ2n) is 7.88. The van der Waals surface area contributed by atoms with Crippen LogP contribution >= 0.6 is 0 Å². The maximum absolute atomic E-state index is 13.6. The van der Waals surface area contributed by atoms with Gasteiger partial charge in [-0.2, -0.15) is 13.2 Å². The van der Waals surface area contributed by atoms with Gasteiger partial charge in [-0.15, -0.1) is 0 Å². The maximum atomic E-state index is 13.6. The van der Waals surface area contributed by atoms with Crippen LogP contribution in [0.25, 0.3) is 10.9 Å². The van der Waals surface area contributed by atoms with Crippen LogP contribution < -0.4 is 5.32 Å². The van der Waals surface area contributed by atoms with Crippen LogP contribution in [0.4, 0.5) is 13.2 Å². The summed E-state index contributed by atoms with van der Waals surface area (Å²) < 4.78 is 40.9. The van der Waals surface area contributed by atoms with E-state index in [1.807, 2.05) is 0 Å². The lowest BCUT2D eigenvalue weighted by molar-refractivity contribution is -0.136. The third-order valence-electron chi connectivity index (χ3n) is 5.18. The number of halogens is 3. The summed E-state index contributed by atoms with van der Waals surface area (Å²) in [4.78, 5) is 18.8. The van der Waals surface area contributed by atoms with E-state index in [0.717, 1.165) is 25.8 Å². The van der Waals surface area contributed by atoms with E-state index >= 15 is 0 Å². The number of nitrogens with one attached hydrogen (secondary N) is 1. The molecule has 0 bridgehead atoms. The van der Waals surface area contributed by atoms with E-state index in [1.54, 1.807) is 6.07 Å². The number of fused-ring (bicyclic) bond motifs is 1. The van der Waals surface area contributed by atoms with Crippen molar-refractivity contribution in [1.29, 1.82) is 0 Å². The molecule has 0 spiro atoms. The standard InChI is InChI=1S/C21H26F3N3O/c1-14-10-15(2)13-27(12-14)9-5-8-25-20(28)17-11-26-18-7-4-3-6-16(18)19(17)21(22,23)24/h3-4,6-7,11,14-15H,5,8-10,12-13H2,1-2H3,(H,25,28). The molecule has 1 amide bonds. The van der Waals surface area contributed by atoms with Crippen molar-refractivity contribution in [3.8, 4) is 0 Å². The smallest absolute Gasteiger partial charge is 0.352 e. The van der Waals surface area contributed by atoms with E-state index in [4.69, 9.17) is 0 Å². The summed E-state index contributed by atoms with van der Waals surface area (Å²) in [5, 5.41) is 2.58. The van der Waals surface area contributed by atoms with Crippen LogP contribution in [0.1, 0.15) is 42.6 Å². The number of hydrogen-bond acceptors (Lipinski definition) is 3. The molecule has 2 unspecified atom stereocenters. The van der Waals surface area contributed by atoms with Gasteiger partial charge in [0.2, 0.25) is 0 Å². The van der Waals surface area contributed by atoms with Crippen LogP contribution in [0.5, 0.6) is 0 Å². The van der Waals surface area contributed by atoms with Gasteiger partial charge in [0, 0.05) is 31.2 Å². The fraction of sp³-hybridized carbons (Fsp3) is 0.524. The molecule has 1 aliphatic heterocycles. The Balaban J connectivity index is 1.65. The number of carbonyl (C=O) groups is 1. The van der Waals surface area contributed by atoms with Gasteiger partial charge < -0.3 is 10.2 Å². The Labute approximate surface area is 163 Å². The van der Waals surface area contributed by atoms with Gasteiger partial charge in [0.1, 0.15) is 0 Å². The summed E-state index contributed by atoms with van der Waals surface area (Å²) in [6.07, 6.45) is -1.68. The second kappa shape index (κ2) is 8.47.